The highest BCUT2D eigenvalue weighted by atomic mass is 16.1. The Kier molecular flexibility index (Phi) is 2.66. The number of carbonyl (C=O) groups is 1. The number of nitrogens with zero attached hydrogens (tertiary/aromatic N) is 1. The molecule has 1 heterocycles. The highest BCUT2D eigenvalue weighted by molar-refractivity contribution is 5.75. The van der Waals surface area contributed by atoms with E-state index in [1.54, 1.807) is 6.92 Å². The minimum Gasteiger partial charge on any atom is -0.310 e. The molecule has 80 valence electrons. The van der Waals surface area contributed by atoms with Crippen molar-refractivity contribution in [3.63, 3.8) is 0 Å². The normalized spacial score (nSPS) is 15.3. The predicted molar refractivity (Wildman–Crippen MR) is 55.8 cm³/mol. The van der Waals surface area contributed by atoms with E-state index in [4.69, 9.17) is 0 Å². The molecule has 0 atom stereocenters. The summed E-state index contributed by atoms with van der Waals surface area (Å²) in [5.41, 5.74) is 0.626. The molecule has 1 aromatic heterocycles. The summed E-state index contributed by atoms with van der Waals surface area (Å²) in [7, 11) is 0. The number of aromatic amines is 1. The Hall–Kier alpha value is -1.45. The fraction of sp³-hybridized carbons (Fsp3) is 0.545. The van der Waals surface area contributed by atoms with E-state index < -0.39 is 0 Å². The van der Waals surface area contributed by atoms with E-state index >= 15 is 0 Å². The van der Waals surface area contributed by atoms with Gasteiger partial charge in [-0.05, 0) is 26.2 Å². The minimum atomic E-state index is -0.106. The Morgan fingerprint density at radius 3 is 2.93 bits per heavy atom. The van der Waals surface area contributed by atoms with E-state index in [0.29, 0.717) is 18.8 Å². The van der Waals surface area contributed by atoms with Crippen molar-refractivity contribution in [3.8, 4) is 0 Å². The first kappa shape index (κ1) is 10.1. The van der Waals surface area contributed by atoms with Gasteiger partial charge < -0.3 is 9.78 Å². The summed E-state index contributed by atoms with van der Waals surface area (Å²) in [4.78, 5) is 29.2. The molecule has 0 bridgehead atoms. The van der Waals surface area contributed by atoms with Gasteiger partial charge in [0.05, 0.1) is 0 Å². The number of aryl methyl sites for hydroxylation is 1. The number of hydrogen-bond acceptors (Lipinski definition) is 3. The standard InChI is InChI=1S/C11H14N2O2/c1-7(14)2-5-9-6-10(15)13-11(12-9)8-3-4-8/h6,8H,2-5H2,1H3,(H,12,13,15). The Morgan fingerprint density at radius 2 is 2.33 bits per heavy atom. The van der Waals surface area contributed by atoms with Gasteiger partial charge in [0.25, 0.3) is 5.56 Å². The van der Waals surface area contributed by atoms with Crippen LogP contribution in [0.1, 0.15) is 43.6 Å². The highest BCUT2D eigenvalue weighted by Gasteiger charge is 2.26. The van der Waals surface area contributed by atoms with Crippen molar-refractivity contribution in [2.24, 2.45) is 0 Å². The van der Waals surface area contributed by atoms with Gasteiger partial charge in [-0.15, -0.1) is 0 Å². The number of hydrogen-bond donors (Lipinski definition) is 1. The molecular weight excluding hydrogens is 192 g/mol. The van der Waals surface area contributed by atoms with Gasteiger partial charge in [0, 0.05) is 24.1 Å². The monoisotopic (exact) mass is 206 g/mol. The summed E-state index contributed by atoms with van der Waals surface area (Å²) in [6.45, 7) is 1.55. The van der Waals surface area contributed by atoms with E-state index in [1.807, 2.05) is 0 Å². The van der Waals surface area contributed by atoms with Crippen LogP contribution < -0.4 is 5.56 Å². The number of H-pyrrole nitrogens is 1. The zero-order chi connectivity index (χ0) is 10.8. The lowest BCUT2D eigenvalue weighted by atomic mass is 10.2. The fourth-order valence-corrected chi connectivity index (χ4v) is 1.51. The third kappa shape index (κ3) is 2.75. The van der Waals surface area contributed by atoms with E-state index in [2.05, 4.69) is 9.97 Å². The van der Waals surface area contributed by atoms with Crippen molar-refractivity contribution in [1.82, 2.24) is 9.97 Å². The Balaban J connectivity index is 2.15. The first-order valence-corrected chi connectivity index (χ1v) is 5.25. The van der Waals surface area contributed by atoms with Gasteiger partial charge in [-0.3, -0.25) is 4.79 Å². The third-order valence-corrected chi connectivity index (χ3v) is 2.51. The summed E-state index contributed by atoms with van der Waals surface area (Å²) in [6.07, 6.45) is 3.25. The fourth-order valence-electron chi connectivity index (χ4n) is 1.51. The molecule has 0 amide bonds. The highest BCUT2D eigenvalue weighted by Crippen LogP contribution is 2.37. The molecule has 1 aliphatic carbocycles. The number of aromatic nitrogens is 2. The van der Waals surface area contributed by atoms with Crippen LogP contribution in [-0.2, 0) is 11.2 Å². The van der Waals surface area contributed by atoms with Crippen LogP contribution in [0.25, 0.3) is 0 Å². The number of nitrogens with one attached hydrogen (secondary N) is 1. The molecule has 0 aliphatic heterocycles. The quantitative estimate of drug-likeness (QED) is 0.804. The first-order chi connectivity index (χ1) is 7.15. The SMILES string of the molecule is CC(=O)CCc1cc(=O)[nH]c(C2CC2)n1. The summed E-state index contributed by atoms with van der Waals surface area (Å²) < 4.78 is 0. The van der Waals surface area contributed by atoms with E-state index in [9.17, 15) is 9.59 Å². The summed E-state index contributed by atoms with van der Waals surface area (Å²) >= 11 is 0. The molecule has 0 unspecified atom stereocenters. The molecule has 1 N–H and O–H groups in total. The first-order valence-electron chi connectivity index (χ1n) is 5.25. The van der Waals surface area contributed by atoms with Crippen molar-refractivity contribution in [2.45, 2.75) is 38.5 Å². The summed E-state index contributed by atoms with van der Waals surface area (Å²) in [5.74, 6) is 1.36. The molecule has 15 heavy (non-hydrogen) atoms. The average Bonchev–Trinajstić information content (AvgIpc) is 2.97. The average molecular weight is 206 g/mol. The molecule has 0 aromatic carbocycles. The second-order valence-electron chi connectivity index (χ2n) is 4.10. The lowest BCUT2D eigenvalue weighted by Crippen LogP contribution is -2.12. The molecule has 4 nitrogen and oxygen atoms in total. The second kappa shape index (κ2) is 3.96. The minimum absolute atomic E-state index is 0.106. The summed E-state index contributed by atoms with van der Waals surface area (Å²) in [6, 6.07) is 1.48. The van der Waals surface area contributed by atoms with Crippen LogP contribution in [-0.4, -0.2) is 15.8 Å². The van der Waals surface area contributed by atoms with Gasteiger partial charge in [-0.2, -0.15) is 0 Å². The predicted octanol–water partition coefficient (Wildman–Crippen LogP) is 1.17. The van der Waals surface area contributed by atoms with Crippen LogP contribution in [0.5, 0.6) is 0 Å². The number of carbonyl (C=O) groups excluding carboxylic acids is 1. The van der Waals surface area contributed by atoms with Crippen LogP contribution in [0, 0.1) is 0 Å². The van der Waals surface area contributed by atoms with Gasteiger partial charge >= 0.3 is 0 Å². The van der Waals surface area contributed by atoms with E-state index in [-0.39, 0.29) is 11.3 Å². The van der Waals surface area contributed by atoms with Gasteiger partial charge in [-0.25, -0.2) is 4.98 Å². The largest absolute Gasteiger partial charge is 0.310 e. The molecule has 0 radical (unpaired) electrons. The molecule has 4 heteroatoms. The van der Waals surface area contributed by atoms with Crippen LogP contribution >= 0.6 is 0 Å². The summed E-state index contributed by atoms with van der Waals surface area (Å²) in [5, 5.41) is 0. The maximum absolute atomic E-state index is 11.3. The molecular formula is C11H14N2O2. The Morgan fingerprint density at radius 1 is 1.60 bits per heavy atom. The van der Waals surface area contributed by atoms with Crippen LogP contribution in [0.2, 0.25) is 0 Å². The molecule has 0 saturated heterocycles. The van der Waals surface area contributed by atoms with Gasteiger partial charge in [0.1, 0.15) is 11.6 Å². The molecule has 1 fully saturated rings. The lowest BCUT2D eigenvalue weighted by molar-refractivity contribution is -0.116. The van der Waals surface area contributed by atoms with Crippen molar-refractivity contribution in [1.29, 1.82) is 0 Å². The Bertz CT molecular complexity index is 432. The number of Topliss-reactive ketones (excluding diaryl/α,β-unsaturated/α-hetero) is 1. The van der Waals surface area contributed by atoms with Gasteiger partial charge in [-0.1, -0.05) is 0 Å². The topological polar surface area (TPSA) is 62.8 Å². The van der Waals surface area contributed by atoms with Crippen LogP contribution in [0.3, 0.4) is 0 Å². The van der Waals surface area contributed by atoms with Crippen molar-refractivity contribution in [3.05, 3.63) is 27.9 Å². The second-order valence-corrected chi connectivity index (χ2v) is 4.10. The zero-order valence-electron chi connectivity index (χ0n) is 8.75. The van der Waals surface area contributed by atoms with Crippen LogP contribution in [0.15, 0.2) is 10.9 Å². The molecule has 2 rings (SSSR count). The Labute approximate surface area is 87.7 Å². The smallest absolute Gasteiger partial charge is 0.251 e. The maximum atomic E-state index is 11.3. The van der Waals surface area contributed by atoms with E-state index in [0.717, 1.165) is 24.4 Å². The molecule has 1 aromatic rings. The van der Waals surface area contributed by atoms with Crippen molar-refractivity contribution >= 4 is 5.78 Å². The van der Waals surface area contributed by atoms with Crippen molar-refractivity contribution in [2.75, 3.05) is 0 Å². The zero-order valence-corrected chi connectivity index (χ0v) is 8.75. The molecule has 1 aliphatic rings. The van der Waals surface area contributed by atoms with Crippen LogP contribution in [0.4, 0.5) is 0 Å². The van der Waals surface area contributed by atoms with Crippen molar-refractivity contribution < 1.29 is 4.79 Å². The molecule has 0 spiro atoms. The number of ketones is 1. The van der Waals surface area contributed by atoms with Gasteiger partial charge in [0.15, 0.2) is 0 Å². The lowest BCUT2D eigenvalue weighted by Gasteiger charge is -2.01. The third-order valence-electron chi connectivity index (χ3n) is 2.51. The molecule has 1 saturated carbocycles. The number of rotatable bonds is 4. The van der Waals surface area contributed by atoms with E-state index in [1.165, 1.54) is 6.07 Å². The maximum Gasteiger partial charge on any atom is 0.251 e. The van der Waals surface area contributed by atoms with Gasteiger partial charge in [0.2, 0.25) is 0 Å².